The Balaban J connectivity index is 3.02. The summed E-state index contributed by atoms with van der Waals surface area (Å²) in [6, 6.07) is -0.110. The Hall–Kier alpha value is -1.67. The van der Waals surface area contributed by atoms with Gasteiger partial charge >= 0.3 is 12.1 Å². The van der Waals surface area contributed by atoms with E-state index in [4.69, 9.17) is 14.2 Å². The quantitative estimate of drug-likeness (QED) is 0.424. The molecule has 0 spiro atoms. The third-order valence-corrected chi connectivity index (χ3v) is 5.31. The summed E-state index contributed by atoms with van der Waals surface area (Å²) in [6.07, 6.45) is 1.50. The molecule has 1 heterocycles. The van der Waals surface area contributed by atoms with Gasteiger partial charge in [-0.25, -0.2) is 14.6 Å². The van der Waals surface area contributed by atoms with Gasteiger partial charge in [0.25, 0.3) is 0 Å². The van der Waals surface area contributed by atoms with Crippen LogP contribution in [0.4, 0.5) is 4.79 Å². The van der Waals surface area contributed by atoms with Crippen LogP contribution in [-0.2, 0) is 14.2 Å². The standard InChI is InChI=1S/C22H38N2O5S/c1-9-11-27-18(19-23-16(14-30-19)20(25)28-12-10-2)13-17(15(3)4)24(8)21(26)29-22(5,6)7/h14-15,17-18H,9-13H2,1-8H3/t17-,18-/m1/s1. The zero-order chi connectivity index (χ0) is 22.9. The molecule has 8 heteroatoms. The van der Waals surface area contributed by atoms with Gasteiger partial charge in [-0.05, 0) is 39.5 Å². The van der Waals surface area contributed by atoms with Crippen molar-refractivity contribution in [3.8, 4) is 0 Å². The maximum Gasteiger partial charge on any atom is 0.410 e. The number of ether oxygens (including phenoxy) is 3. The molecular weight excluding hydrogens is 404 g/mol. The Morgan fingerprint density at radius 1 is 1.17 bits per heavy atom. The Bertz CT molecular complexity index is 669. The summed E-state index contributed by atoms with van der Waals surface area (Å²) in [5.74, 6) is -0.232. The van der Waals surface area contributed by atoms with Crippen LogP contribution in [0.3, 0.4) is 0 Å². The number of carbonyl (C=O) groups is 2. The second-order valence-corrected chi connectivity index (χ2v) is 9.59. The van der Waals surface area contributed by atoms with Gasteiger partial charge in [0, 0.05) is 31.5 Å². The number of carbonyl (C=O) groups excluding carboxylic acids is 2. The van der Waals surface area contributed by atoms with Crippen LogP contribution in [0.15, 0.2) is 5.38 Å². The molecule has 1 aromatic rings. The number of thiazole rings is 1. The lowest BCUT2D eigenvalue weighted by atomic mass is 9.96. The van der Waals surface area contributed by atoms with Crippen molar-refractivity contribution >= 4 is 23.4 Å². The van der Waals surface area contributed by atoms with Crippen molar-refractivity contribution in [2.24, 2.45) is 5.92 Å². The first-order valence-electron chi connectivity index (χ1n) is 10.7. The summed E-state index contributed by atoms with van der Waals surface area (Å²) in [4.78, 5) is 30.9. The molecule has 0 bridgehead atoms. The zero-order valence-corrected chi connectivity index (χ0v) is 20.5. The van der Waals surface area contributed by atoms with Gasteiger partial charge < -0.3 is 19.1 Å². The molecule has 0 aliphatic carbocycles. The predicted molar refractivity (Wildman–Crippen MR) is 119 cm³/mol. The molecule has 0 saturated carbocycles. The highest BCUT2D eigenvalue weighted by molar-refractivity contribution is 7.09. The van der Waals surface area contributed by atoms with E-state index in [-0.39, 0.29) is 24.2 Å². The molecule has 0 aliphatic heterocycles. The number of hydrogen-bond donors (Lipinski definition) is 0. The Morgan fingerprint density at radius 2 is 1.80 bits per heavy atom. The minimum atomic E-state index is -0.561. The van der Waals surface area contributed by atoms with E-state index in [0.717, 1.165) is 17.8 Å². The molecule has 172 valence electrons. The molecule has 1 rings (SSSR count). The summed E-state index contributed by atoms with van der Waals surface area (Å²) in [6.45, 7) is 14.6. The maximum absolute atomic E-state index is 12.6. The Kier molecular flexibility index (Phi) is 10.8. The molecule has 0 aromatic carbocycles. The first-order valence-corrected chi connectivity index (χ1v) is 11.6. The van der Waals surface area contributed by atoms with Crippen molar-refractivity contribution in [2.75, 3.05) is 20.3 Å². The minimum Gasteiger partial charge on any atom is -0.461 e. The normalized spacial score (nSPS) is 13.8. The van der Waals surface area contributed by atoms with Crippen LogP contribution in [0.2, 0.25) is 0 Å². The van der Waals surface area contributed by atoms with E-state index in [1.165, 1.54) is 11.3 Å². The molecule has 0 fully saturated rings. The number of esters is 1. The van der Waals surface area contributed by atoms with Gasteiger partial charge in [-0.15, -0.1) is 11.3 Å². The third-order valence-electron chi connectivity index (χ3n) is 4.37. The number of rotatable bonds is 11. The fourth-order valence-electron chi connectivity index (χ4n) is 2.86. The second-order valence-electron chi connectivity index (χ2n) is 8.70. The molecule has 1 amide bonds. The van der Waals surface area contributed by atoms with E-state index in [9.17, 15) is 9.59 Å². The monoisotopic (exact) mass is 442 g/mol. The molecule has 0 saturated heterocycles. The van der Waals surface area contributed by atoms with Crippen molar-refractivity contribution in [1.82, 2.24) is 9.88 Å². The highest BCUT2D eigenvalue weighted by Gasteiger charge is 2.31. The average Bonchev–Trinajstić information content (AvgIpc) is 3.14. The van der Waals surface area contributed by atoms with Gasteiger partial charge in [-0.3, -0.25) is 0 Å². The van der Waals surface area contributed by atoms with Crippen LogP contribution in [-0.4, -0.2) is 53.9 Å². The van der Waals surface area contributed by atoms with Crippen LogP contribution < -0.4 is 0 Å². The van der Waals surface area contributed by atoms with Crippen LogP contribution in [0.5, 0.6) is 0 Å². The van der Waals surface area contributed by atoms with Crippen LogP contribution in [0.1, 0.15) is 89.3 Å². The number of hydrogen-bond acceptors (Lipinski definition) is 7. The molecule has 7 nitrogen and oxygen atoms in total. The molecule has 0 radical (unpaired) electrons. The van der Waals surface area contributed by atoms with Gasteiger partial charge in [0.1, 0.15) is 16.7 Å². The van der Waals surface area contributed by atoms with Crippen molar-refractivity contribution in [3.05, 3.63) is 16.1 Å². The topological polar surface area (TPSA) is 78.0 Å². The van der Waals surface area contributed by atoms with Crippen molar-refractivity contribution < 1.29 is 23.8 Å². The number of nitrogens with zero attached hydrogens (tertiary/aromatic N) is 2. The first kappa shape index (κ1) is 26.4. The lowest BCUT2D eigenvalue weighted by Gasteiger charge is -2.34. The maximum atomic E-state index is 12.6. The summed E-state index contributed by atoms with van der Waals surface area (Å²) >= 11 is 1.38. The van der Waals surface area contributed by atoms with E-state index >= 15 is 0 Å². The van der Waals surface area contributed by atoms with Crippen molar-refractivity contribution in [1.29, 1.82) is 0 Å². The smallest absolute Gasteiger partial charge is 0.410 e. The lowest BCUT2D eigenvalue weighted by molar-refractivity contribution is -0.00332. The van der Waals surface area contributed by atoms with E-state index in [0.29, 0.717) is 25.3 Å². The summed E-state index contributed by atoms with van der Waals surface area (Å²) in [7, 11) is 1.75. The van der Waals surface area contributed by atoms with Crippen molar-refractivity contribution in [2.45, 2.75) is 85.5 Å². The first-order chi connectivity index (χ1) is 14.0. The summed E-state index contributed by atoms with van der Waals surface area (Å²) in [5.41, 5.74) is -0.260. The molecule has 1 aromatic heterocycles. The van der Waals surface area contributed by atoms with Crippen LogP contribution in [0.25, 0.3) is 0 Å². The average molecular weight is 443 g/mol. The summed E-state index contributed by atoms with van der Waals surface area (Å²) < 4.78 is 16.8. The van der Waals surface area contributed by atoms with E-state index in [1.807, 2.05) is 34.6 Å². The van der Waals surface area contributed by atoms with Gasteiger partial charge in [0.2, 0.25) is 0 Å². The van der Waals surface area contributed by atoms with Gasteiger partial charge in [-0.2, -0.15) is 0 Å². The van der Waals surface area contributed by atoms with Crippen molar-refractivity contribution in [3.63, 3.8) is 0 Å². The molecule has 0 unspecified atom stereocenters. The SMILES string of the molecule is CCCOC(=O)c1csc([C@@H](C[C@H](C(C)C)N(C)C(=O)OC(C)(C)C)OCCC)n1. The summed E-state index contributed by atoms with van der Waals surface area (Å²) in [5, 5.41) is 2.42. The Labute approximate surface area is 185 Å². The van der Waals surface area contributed by atoms with Gasteiger partial charge in [-0.1, -0.05) is 27.7 Å². The number of aromatic nitrogens is 1. The molecule has 0 aliphatic rings. The van der Waals surface area contributed by atoms with Crippen LogP contribution >= 0.6 is 11.3 Å². The minimum absolute atomic E-state index is 0.110. The fourth-order valence-corrected chi connectivity index (χ4v) is 3.71. The molecule has 30 heavy (non-hydrogen) atoms. The third kappa shape index (κ3) is 8.60. The lowest BCUT2D eigenvalue weighted by Crippen LogP contribution is -2.44. The van der Waals surface area contributed by atoms with E-state index in [1.54, 1.807) is 17.3 Å². The van der Waals surface area contributed by atoms with Gasteiger partial charge in [0.05, 0.1) is 6.61 Å². The Morgan fingerprint density at radius 3 is 2.33 bits per heavy atom. The highest BCUT2D eigenvalue weighted by atomic mass is 32.1. The fraction of sp³-hybridized carbons (Fsp3) is 0.773. The van der Waals surface area contributed by atoms with E-state index < -0.39 is 11.6 Å². The second kappa shape index (κ2) is 12.2. The predicted octanol–water partition coefficient (Wildman–Crippen LogP) is 5.46. The molecule has 0 N–H and O–H groups in total. The highest BCUT2D eigenvalue weighted by Crippen LogP contribution is 2.31. The number of amides is 1. The molecule has 2 atom stereocenters. The van der Waals surface area contributed by atoms with Crippen LogP contribution in [0, 0.1) is 5.92 Å². The largest absolute Gasteiger partial charge is 0.461 e. The van der Waals surface area contributed by atoms with Gasteiger partial charge in [0.15, 0.2) is 5.69 Å². The molecular formula is C22H38N2O5S. The zero-order valence-electron chi connectivity index (χ0n) is 19.7. The van der Waals surface area contributed by atoms with E-state index in [2.05, 4.69) is 18.8 Å².